The lowest BCUT2D eigenvalue weighted by Crippen LogP contribution is -2.34. The van der Waals surface area contributed by atoms with E-state index in [2.05, 4.69) is 16.0 Å². The number of nitrogens with two attached hydrogens (primary N) is 1. The summed E-state index contributed by atoms with van der Waals surface area (Å²) in [6.07, 6.45) is 22.6. The van der Waals surface area contributed by atoms with E-state index in [1.165, 1.54) is 103 Å². The van der Waals surface area contributed by atoms with Crippen LogP contribution >= 0.6 is 7.82 Å². The maximum absolute atomic E-state index is 11.6. The third-order valence-electron chi connectivity index (χ3n) is 6.12. The molecule has 10 heteroatoms. The first-order valence-corrected chi connectivity index (χ1v) is 15.6. The number of hydrogen-bond acceptors (Lipinski definition) is 7. The van der Waals surface area contributed by atoms with Crippen LogP contribution in [0.15, 0.2) is 0 Å². The van der Waals surface area contributed by atoms with Crippen LogP contribution < -0.4 is 5.73 Å². The monoisotopic (exact) mass is 539 g/mol. The van der Waals surface area contributed by atoms with Crippen molar-refractivity contribution in [2.24, 2.45) is 5.73 Å². The minimum Gasteiger partial charge on any atom is -0.480 e. The van der Waals surface area contributed by atoms with E-state index in [1.54, 1.807) is 0 Å². The van der Waals surface area contributed by atoms with Crippen molar-refractivity contribution in [3.05, 3.63) is 0 Å². The quantitative estimate of drug-likeness (QED) is 0.0698. The van der Waals surface area contributed by atoms with Crippen molar-refractivity contribution in [3.63, 3.8) is 0 Å². The molecule has 36 heavy (non-hydrogen) atoms. The number of aliphatic carboxylic acids is 1. The SMILES string of the molecule is CCCCCCCCCCCCCCCCCCCCOC[C@@H](O)COP(=O)(O)OC[C@H](N)C(=O)O. The van der Waals surface area contributed by atoms with Gasteiger partial charge in [0, 0.05) is 6.61 Å². The second kappa shape index (κ2) is 24.8. The molecule has 5 N–H and O–H groups in total. The molecule has 0 heterocycles. The Kier molecular flexibility index (Phi) is 24.4. The average Bonchev–Trinajstić information content (AvgIpc) is 2.85. The van der Waals surface area contributed by atoms with Gasteiger partial charge in [-0.25, -0.2) is 4.57 Å². The van der Waals surface area contributed by atoms with Gasteiger partial charge >= 0.3 is 13.8 Å². The molecule has 0 aliphatic rings. The smallest absolute Gasteiger partial charge is 0.472 e. The normalized spacial score (nSPS) is 15.0. The summed E-state index contributed by atoms with van der Waals surface area (Å²) in [7, 11) is -4.48. The Morgan fingerprint density at radius 2 is 1.11 bits per heavy atom. The summed E-state index contributed by atoms with van der Waals surface area (Å²) in [6, 6.07) is -1.43. The van der Waals surface area contributed by atoms with Crippen molar-refractivity contribution in [2.75, 3.05) is 26.4 Å². The molecule has 0 rings (SSSR count). The minimum atomic E-state index is -4.48. The first kappa shape index (κ1) is 35.5. The maximum atomic E-state index is 11.6. The van der Waals surface area contributed by atoms with Crippen LogP contribution in [-0.4, -0.2) is 59.6 Å². The average molecular weight is 540 g/mol. The lowest BCUT2D eigenvalue weighted by Gasteiger charge is -2.16. The predicted octanol–water partition coefficient (Wildman–Crippen LogP) is 5.95. The summed E-state index contributed by atoms with van der Waals surface area (Å²) in [6.45, 7) is 1.62. The molecule has 0 spiro atoms. The molecule has 0 bridgehead atoms. The molecule has 0 amide bonds. The van der Waals surface area contributed by atoms with Crippen LogP contribution in [0.4, 0.5) is 0 Å². The number of aliphatic hydroxyl groups is 1. The van der Waals surface area contributed by atoms with Gasteiger partial charge in [-0.2, -0.15) is 0 Å². The minimum absolute atomic E-state index is 0.0202. The number of unbranched alkanes of at least 4 members (excludes halogenated alkanes) is 17. The zero-order valence-electron chi connectivity index (χ0n) is 22.6. The third-order valence-corrected chi connectivity index (χ3v) is 7.07. The Hall–Kier alpha value is -0.540. The fourth-order valence-electron chi connectivity index (χ4n) is 3.84. The molecule has 0 aromatic carbocycles. The lowest BCUT2D eigenvalue weighted by molar-refractivity contribution is -0.139. The van der Waals surface area contributed by atoms with Gasteiger partial charge in [-0.05, 0) is 6.42 Å². The summed E-state index contributed by atoms with van der Waals surface area (Å²) < 4.78 is 26.1. The van der Waals surface area contributed by atoms with Crippen LogP contribution in [0.3, 0.4) is 0 Å². The highest BCUT2D eigenvalue weighted by Crippen LogP contribution is 2.43. The van der Waals surface area contributed by atoms with Gasteiger partial charge in [0.2, 0.25) is 0 Å². The van der Waals surface area contributed by atoms with Gasteiger partial charge in [-0.1, -0.05) is 116 Å². The van der Waals surface area contributed by atoms with Crippen LogP contribution in [0.5, 0.6) is 0 Å². The van der Waals surface area contributed by atoms with Gasteiger partial charge in [0.15, 0.2) is 0 Å². The number of ether oxygens (including phenoxy) is 1. The molecule has 0 aromatic rings. The topological polar surface area (TPSA) is 149 Å². The number of hydrogen-bond donors (Lipinski definition) is 4. The van der Waals surface area contributed by atoms with Crippen molar-refractivity contribution >= 4 is 13.8 Å². The predicted molar refractivity (Wildman–Crippen MR) is 143 cm³/mol. The van der Waals surface area contributed by atoms with Gasteiger partial charge in [0.05, 0.1) is 19.8 Å². The molecule has 0 aromatic heterocycles. The second-order valence-electron chi connectivity index (χ2n) is 9.74. The van der Waals surface area contributed by atoms with Crippen molar-refractivity contribution < 1.29 is 38.3 Å². The Morgan fingerprint density at radius 3 is 1.53 bits per heavy atom. The molecule has 0 radical (unpaired) electrons. The van der Waals surface area contributed by atoms with Crippen LogP contribution in [0.2, 0.25) is 0 Å². The van der Waals surface area contributed by atoms with Gasteiger partial charge in [-0.3, -0.25) is 13.8 Å². The Labute approximate surface area is 219 Å². The van der Waals surface area contributed by atoms with Gasteiger partial charge in [0.1, 0.15) is 12.1 Å². The zero-order valence-corrected chi connectivity index (χ0v) is 23.5. The first-order chi connectivity index (χ1) is 17.3. The van der Waals surface area contributed by atoms with Gasteiger partial charge in [0.25, 0.3) is 0 Å². The number of rotatable bonds is 28. The maximum Gasteiger partial charge on any atom is 0.472 e. The number of phosphoric ester groups is 1. The highest BCUT2D eigenvalue weighted by atomic mass is 31.2. The van der Waals surface area contributed by atoms with Crippen molar-refractivity contribution in [1.82, 2.24) is 0 Å². The summed E-state index contributed by atoms with van der Waals surface area (Å²) in [5.74, 6) is -1.36. The van der Waals surface area contributed by atoms with E-state index in [0.717, 1.165) is 12.8 Å². The zero-order chi connectivity index (χ0) is 26.9. The fourth-order valence-corrected chi connectivity index (χ4v) is 4.62. The fraction of sp³-hybridized carbons (Fsp3) is 0.962. The molecule has 3 atom stereocenters. The summed E-state index contributed by atoms with van der Waals surface area (Å²) in [5, 5.41) is 18.4. The highest BCUT2D eigenvalue weighted by Gasteiger charge is 2.25. The van der Waals surface area contributed by atoms with Gasteiger partial charge < -0.3 is 25.6 Å². The van der Waals surface area contributed by atoms with E-state index in [9.17, 15) is 19.4 Å². The Balaban J connectivity index is 3.35. The molecule has 0 aliphatic heterocycles. The van der Waals surface area contributed by atoms with Gasteiger partial charge in [-0.15, -0.1) is 0 Å². The van der Waals surface area contributed by atoms with E-state index in [-0.39, 0.29) is 6.61 Å². The molecular formula is C26H54NO8P. The molecule has 1 unspecified atom stereocenters. The van der Waals surface area contributed by atoms with Crippen molar-refractivity contribution in [2.45, 2.75) is 135 Å². The molecular weight excluding hydrogens is 485 g/mol. The van der Waals surface area contributed by atoms with Crippen LogP contribution in [-0.2, 0) is 23.1 Å². The lowest BCUT2D eigenvalue weighted by atomic mass is 10.0. The van der Waals surface area contributed by atoms with Crippen molar-refractivity contribution in [1.29, 1.82) is 0 Å². The largest absolute Gasteiger partial charge is 0.480 e. The number of phosphoric acid groups is 1. The summed E-state index contributed by atoms with van der Waals surface area (Å²) in [5.41, 5.74) is 5.18. The number of carboxylic acids is 1. The number of carboxylic acid groups (broad SMARTS) is 1. The molecule has 216 valence electrons. The van der Waals surface area contributed by atoms with E-state index in [0.29, 0.717) is 6.61 Å². The number of aliphatic hydroxyl groups excluding tert-OH is 1. The summed E-state index contributed by atoms with van der Waals surface area (Å²) in [4.78, 5) is 20.0. The molecule has 9 nitrogen and oxygen atoms in total. The first-order valence-electron chi connectivity index (χ1n) is 14.1. The molecule has 0 saturated carbocycles. The summed E-state index contributed by atoms with van der Waals surface area (Å²) >= 11 is 0. The second-order valence-corrected chi connectivity index (χ2v) is 11.2. The van der Waals surface area contributed by atoms with Crippen LogP contribution in [0.25, 0.3) is 0 Å². The van der Waals surface area contributed by atoms with Crippen molar-refractivity contribution in [3.8, 4) is 0 Å². The highest BCUT2D eigenvalue weighted by molar-refractivity contribution is 7.47. The standard InChI is InChI=1S/C26H54NO8P/c1-2-3-4-5-6-7-8-9-10-11-12-13-14-15-16-17-18-19-20-33-21-24(28)22-34-36(31,32)35-23-25(27)26(29)30/h24-25,28H,2-23,27H2,1H3,(H,29,30)(H,31,32)/t24-,25+/m1/s1. The molecule has 0 fully saturated rings. The van der Waals surface area contributed by atoms with Crippen LogP contribution in [0.1, 0.15) is 122 Å². The Bertz CT molecular complexity index is 552. The van der Waals surface area contributed by atoms with E-state index >= 15 is 0 Å². The van der Waals surface area contributed by atoms with E-state index in [1.807, 2.05) is 0 Å². The third kappa shape index (κ3) is 25.1. The Morgan fingerprint density at radius 1 is 0.722 bits per heavy atom. The number of carbonyl (C=O) groups is 1. The van der Waals surface area contributed by atoms with E-state index < -0.39 is 39.2 Å². The molecule has 0 saturated heterocycles. The van der Waals surface area contributed by atoms with E-state index in [4.69, 9.17) is 15.6 Å². The molecule has 0 aliphatic carbocycles. The van der Waals surface area contributed by atoms with Crippen LogP contribution in [0, 0.1) is 0 Å².